The van der Waals surface area contributed by atoms with E-state index in [1.165, 1.54) is 0 Å². The minimum absolute atomic E-state index is 0.0316. The maximum absolute atomic E-state index is 12.9. The minimum Gasteiger partial charge on any atom is -0.392 e. The van der Waals surface area contributed by atoms with Crippen molar-refractivity contribution < 1.29 is 14.7 Å². The third-order valence-corrected chi connectivity index (χ3v) is 5.39. The molecule has 0 saturated heterocycles. The van der Waals surface area contributed by atoms with Gasteiger partial charge in [0.15, 0.2) is 0 Å². The quantitative estimate of drug-likeness (QED) is 0.384. The molecule has 0 aliphatic heterocycles. The molecule has 0 aromatic heterocycles. The van der Waals surface area contributed by atoms with E-state index in [4.69, 9.17) is 5.11 Å². The van der Waals surface area contributed by atoms with Crippen LogP contribution in [0, 0.1) is 11.8 Å². The highest BCUT2D eigenvalue weighted by atomic mass is 16.3. The van der Waals surface area contributed by atoms with E-state index >= 15 is 0 Å². The molecule has 1 amide bonds. The number of anilines is 1. The van der Waals surface area contributed by atoms with Crippen LogP contribution in [0.4, 0.5) is 5.69 Å². The SMILES string of the molecule is CC.CNCCCC[C@H](CC(=O)[C@@H](C)Cc1ccccc1)C(=O)Nc1ccc(CO)cc1. The zero-order valence-electron chi connectivity index (χ0n) is 20.1. The van der Waals surface area contributed by atoms with Gasteiger partial charge in [0.1, 0.15) is 5.78 Å². The first-order valence-electron chi connectivity index (χ1n) is 11.8. The van der Waals surface area contributed by atoms with E-state index in [0.717, 1.165) is 30.5 Å². The van der Waals surface area contributed by atoms with Crippen LogP contribution in [-0.2, 0) is 22.6 Å². The molecule has 32 heavy (non-hydrogen) atoms. The van der Waals surface area contributed by atoms with Crippen molar-refractivity contribution in [2.45, 2.75) is 59.5 Å². The number of Topliss-reactive ketones (excluding diaryl/α,β-unsaturated/α-hetero) is 1. The Morgan fingerprint density at radius 1 is 0.938 bits per heavy atom. The van der Waals surface area contributed by atoms with Crippen LogP contribution in [-0.4, -0.2) is 30.4 Å². The molecular formula is C27H40N2O3. The summed E-state index contributed by atoms with van der Waals surface area (Å²) in [5.41, 5.74) is 2.61. The summed E-state index contributed by atoms with van der Waals surface area (Å²) in [6.45, 7) is 6.81. The van der Waals surface area contributed by atoms with Crippen LogP contribution < -0.4 is 10.6 Å². The second-order valence-electron chi connectivity index (χ2n) is 7.90. The lowest BCUT2D eigenvalue weighted by atomic mass is 9.88. The first-order valence-corrected chi connectivity index (χ1v) is 11.8. The van der Waals surface area contributed by atoms with Gasteiger partial charge in [-0.15, -0.1) is 0 Å². The summed E-state index contributed by atoms with van der Waals surface area (Å²) in [4.78, 5) is 25.8. The molecule has 176 valence electrons. The lowest BCUT2D eigenvalue weighted by Crippen LogP contribution is -2.28. The molecule has 0 spiro atoms. The predicted molar refractivity (Wildman–Crippen MR) is 133 cm³/mol. The Labute approximate surface area is 193 Å². The molecule has 2 aromatic rings. The molecule has 0 heterocycles. The van der Waals surface area contributed by atoms with Crippen molar-refractivity contribution in [3.63, 3.8) is 0 Å². The molecule has 2 atom stereocenters. The molecule has 0 fully saturated rings. The van der Waals surface area contributed by atoms with Crippen LogP contribution in [0.5, 0.6) is 0 Å². The van der Waals surface area contributed by atoms with Crippen LogP contribution in [0.2, 0.25) is 0 Å². The lowest BCUT2D eigenvalue weighted by molar-refractivity contribution is -0.128. The Morgan fingerprint density at radius 2 is 1.59 bits per heavy atom. The minimum atomic E-state index is -0.343. The number of aliphatic hydroxyl groups is 1. The number of aliphatic hydroxyl groups excluding tert-OH is 1. The normalized spacial score (nSPS) is 12.3. The van der Waals surface area contributed by atoms with E-state index in [2.05, 4.69) is 10.6 Å². The second kappa shape index (κ2) is 16.2. The van der Waals surface area contributed by atoms with E-state index < -0.39 is 0 Å². The smallest absolute Gasteiger partial charge is 0.227 e. The molecule has 5 nitrogen and oxygen atoms in total. The molecule has 0 bridgehead atoms. The monoisotopic (exact) mass is 440 g/mol. The molecule has 0 radical (unpaired) electrons. The van der Waals surface area contributed by atoms with Crippen molar-refractivity contribution in [2.24, 2.45) is 11.8 Å². The van der Waals surface area contributed by atoms with Crippen molar-refractivity contribution in [3.8, 4) is 0 Å². The van der Waals surface area contributed by atoms with Crippen LogP contribution >= 0.6 is 0 Å². The van der Waals surface area contributed by atoms with Gasteiger partial charge in [-0.1, -0.05) is 69.7 Å². The summed E-state index contributed by atoms with van der Waals surface area (Å²) >= 11 is 0. The maximum atomic E-state index is 12.9. The Hall–Kier alpha value is -2.50. The summed E-state index contributed by atoms with van der Waals surface area (Å²) in [5, 5.41) is 15.2. The molecule has 3 N–H and O–H groups in total. The summed E-state index contributed by atoms with van der Waals surface area (Å²) in [6, 6.07) is 17.1. The van der Waals surface area contributed by atoms with Gasteiger partial charge in [-0.25, -0.2) is 0 Å². The fourth-order valence-corrected chi connectivity index (χ4v) is 3.48. The van der Waals surface area contributed by atoms with E-state index in [1.54, 1.807) is 24.3 Å². The van der Waals surface area contributed by atoms with Crippen LogP contribution in [0.15, 0.2) is 54.6 Å². The average Bonchev–Trinajstić information content (AvgIpc) is 2.83. The number of nitrogens with one attached hydrogen (secondary N) is 2. The molecule has 5 heteroatoms. The lowest BCUT2D eigenvalue weighted by Gasteiger charge is -2.19. The first-order chi connectivity index (χ1) is 15.5. The largest absolute Gasteiger partial charge is 0.392 e. The van der Waals surface area contributed by atoms with Gasteiger partial charge < -0.3 is 15.7 Å². The highest BCUT2D eigenvalue weighted by Gasteiger charge is 2.24. The number of unbranched alkanes of at least 4 members (excludes halogenated alkanes) is 1. The zero-order valence-corrected chi connectivity index (χ0v) is 20.1. The molecule has 2 aromatic carbocycles. The van der Waals surface area contributed by atoms with Crippen molar-refractivity contribution in [3.05, 3.63) is 65.7 Å². The van der Waals surface area contributed by atoms with Gasteiger partial charge in [0.05, 0.1) is 6.61 Å². The molecule has 0 aliphatic carbocycles. The van der Waals surface area contributed by atoms with Gasteiger partial charge in [-0.3, -0.25) is 9.59 Å². The third-order valence-electron chi connectivity index (χ3n) is 5.39. The Bertz CT molecular complexity index is 775. The Kier molecular flexibility index (Phi) is 13.9. The van der Waals surface area contributed by atoms with Gasteiger partial charge in [0.2, 0.25) is 5.91 Å². The van der Waals surface area contributed by atoms with Gasteiger partial charge in [0, 0.05) is 23.9 Å². The number of hydrogen-bond donors (Lipinski definition) is 3. The number of carbonyl (C=O) groups excluding carboxylic acids is 2. The van der Waals surface area contributed by atoms with Crippen molar-refractivity contribution >= 4 is 17.4 Å². The standard InChI is InChI=1S/C25H34N2O3.C2H6/c1-19(16-20-8-4-3-5-9-20)24(29)17-22(10-6-7-15-26-2)25(30)27-23-13-11-21(18-28)12-14-23;1-2/h3-5,8-9,11-14,19,22,26,28H,6-7,10,15-18H2,1-2H3,(H,27,30);1-2H3/t19-,22+;/m0./s1. The van der Waals surface area contributed by atoms with E-state index in [1.807, 2.05) is 58.2 Å². The number of rotatable bonds is 13. The average molecular weight is 441 g/mol. The van der Waals surface area contributed by atoms with Gasteiger partial charge >= 0.3 is 0 Å². The highest BCUT2D eigenvalue weighted by molar-refractivity contribution is 5.95. The molecule has 0 aliphatic rings. The number of hydrogen-bond acceptors (Lipinski definition) is 4. The molecule has 2 rings (SSSR count). The maximum Gasteiger partial charge on any atom is 0.227 e. The van der Waals surface area contributed by atoms with Crippen molar-refractivity contribution in [2.75, 3.05) is 18.9 Å². The fraction of sp³-hybridized carbons (Fsp3) is 0.481. The van der Waals surface area contributed by atoms with E-state index in [9.17, 15) is 9.59 Å². The highest BCUT2D eigenvalue weighted by Crippen LogP contribution is 2.21. The Morgan fingerprint density at radius 3 is 2.19 bits per heavy atom. The number of ketones is 1. The Balaban J connectivity index is 0.00000249. The third kappa shape index (κ3) is 10.2. The topological polar surface area (TPSA) is 78.4 Å². The van der Waals surface area contributed by atoms with Crippen molar-refractivity contribution in [1.82, 2.24) is 5.32 Å². The van der Waals surface area contributed by atoms with Crippen LogP contribution in [0.25, 0.3) is 0 Å². The first kappa shape index (κ1) is 27.5. The zero-order chi connectivity index (χ0) is 23.8. The van der Waals surface area contributed by atoms with Gasteiger partial charge in [0.25, 0.3) is 0 Å². The van der Waals surface area contributed by atoms with Crippen LogP contribution in [0.3, 0.4) is 0 Å². The number of carbonyl (C=O) groups is 2. The second-order valence-corrected chi connectivity index (χ2v) is 7.90. The summed E-state index contributed by atoms with van der Waals surface area (Å²) in [5.74, 6) is -0.450. The molecule has 0 saturated carbocycles. The van der Waals surface area contributed by atoms with Gasteiger partial charge in [-0.2, -0.15) is 0 Å². The molecular weight excluding hydrogens is 400 g/mol. The van der Waals surface area contributed by atoms with E-state index in [0.29, 0.717) is 18.5 Å². The molecule has 0 unspecified atom stereocenters. The van der Waals surface area contributed by atoms with Gasteiger partial charge in [-0.05, 0) is 56.1 Å². The summed E-state index contributed by atoms with van der Waals surface area (Å²) in [7, 11) is 1.91. The fourth-order valence-electron chi connectivity index (χ4n) is 3.48. The van der Waals surface area contributed by atoms with Crippen molar-refractivity contribution in [1.29, 1.82) is 0 Å². The van der Waals surface area contributed by atoms with Crippen LogP contribution in [0.1, 0.15) is 57.6 Å². The predicted octanol–water partition coefficient (Wildman–Crippen LogP) is 4.99. The van der Waals surface area contributed by atoms with E-state index in [-0.39, 0.29) is 36.6 Å². The summed E-state index contributed by atoms with van der Waals surface area (Å²) < 4.78 is 0. The number of benzene rings is 2. The number of amides is 1. The summed E-state index contributed by atoms with van der Waals surface area (Å²) in [6.07, 6.45) is 3.50.